The third kappa shape index (κ3) is 5.46. The Kier molecular flexibility index (Phi) is 7.46. The van der Waals surface area contributed by atoms with Crippen molar-refractivity contribution in [3.05, 3.63) is 23.8 Å². The predicted molar refractivity (Wildman–Crippen MR) is 72.8 cm³/mol. The SMILES string of the molecule is COCCOCCCOc1ccc(OC)cc1C(=O)O. The van der Waals surface area contributed by atoms with E-state index in [1.54, 1.807) is 19.2 Å². The van der Waals surface area contributed by atoms with Gasteiger partial charge in [0.05, 0.1) is 26.9 Å². The van der Waals surface area contributed by atoms with Gasteiger partial charge in [-0.1, -0.05) is 0 Å². The van der Waals surface area contributed by atoms with E-state index in [9.17, 15) is 4.79 Å². The molecule has 6 heteroatoms. The molecule has 0 spiro atoms. The molecule has 0 amide bonds. The molecule has 0 saturated heterocycles. The number of hydrogen-bond acceptors (Lipinski definition) is 5. The van der Waals surface area contributed by atoms with Crippen LogP contribution in [0.5, 0.6) is 11.5 Å². The van der Waals surface area contributed by atoms with Gasteiger partial charge >= 0.3 is 5.97 Å². The summed E-state index contributed by atoms with van der Waals surface area (Å²) in [5.74, 6) is -0.233. The summed E-state index contributed by atoms with van der Waals surface area (Å²) in [6, 6.07) is 4.69. The van der Waals surface area contributed by atoms with E-state index >= 15 is 0 Å². The summed E-state index contributed by atoms with van der Waals surface area (Å²) in [6.07, 6.45) is 0.675. The van der Waals surface area contributed by atoms with Crippen LogP contribution in [0.25, 0.3) is 0 Å². The average Bonchev–Trinajstić information content (AvgIpc) is 2.46. The molecule has 0 heterocycles. The van der Waals surface area contributed by atoms with Crippen molar-refractivity contribution in [3.63, 3.8) is 0 Å². The predicted octanol–water partition coefficient (Wildman–Crippen LogP) is 1.83. The Morgan fingerprint density at radius 1 is 1.15 bits per heavy atom. The highest BCUT2D eigenvalue weighted by molar-refractivity contribution is 5.91. The number of ether oxygens (including phenoxy) is 4. The molecule has 1 N–H and O–H groups in total. The first-order chi connectivity index (χ1) is 9.69. The van der Waals surface area contributed by atoms with Crippen molar-refractivity contribution in [2.45, 2.75) is 6.42 Å². The molecular weight excluding hydrogens is 264 g/mol. The van der Waals surface area contributed by atoms with E-state index in [1.807, 2.05) is 0 Å². The fourth-order valence-corrected chi connectivity index (χ4v) is 1.52. The van der Waals surface area contributed by atoms with Gasteiger partial charge in [-0.3, -0.25) is 0 Å². The number of carbonyl (C=O) groups is 1. The molecule has 20 heavy (non-hydrogen) atoms. The van der Waals surface area contributed by atoms with Crippen LogP contribution in [0.15, 0.2) is 18.2 Å². The fourth-order valence-electron chi connectivity index (χ4n) is 1.52. The Morgan fingerprint density at radius 3 is 2.60 bits per heavy atom. The van der Waals surface area contributed by atoms with Crippen LogP contribution in [0.1, 0.15) is 16.8 Å². The zero-order valence-electron chi connectivity index (χ0n) is 11.8. The molecule has 1 rings (SSSR count). The van der Waals surface area contributed by atoms with Crippen LogP contribution >= 0.6 is 0 Å². The fraction of sp³-hybridized carbons (Fsp3) is 0.500. The minimum Gasteiger partial charge on any atom is -0.497 e. The van der Waals surface area contributed by atoms with Crippen molar-refractivity contribution < 1.29 is 28.8 Å². The molecule has 0 aliphatic carbocycles. The molecule has 112 valence electrons. The van der Waals surface area contributed by atoms with Gasteiger partial charge in [0.25, 0.3) is 0 Å². The third-order valence-electron chi connectivity index (χ3n) is 2.54. The summed E-state index contributed by atoms with van der Waals surface area (Å²) < 4.78 is 20.6. The Balaban J connectivity index is 2.41. The molecule has 0 aliphatic rings. The number of methoxy groups -OCH3 is 2. The van der Waals surface area contributed by atoms with Crippen molar-refractivity contribution in [3.8, 4) is 11.5 Å². The Bertz CT molecular complexity index is 418. The average molecular weight is 284 g/mol. The number of hydrogen-bond donors (Lipinski definition) is 1. The maximum absolute atomic E-state index is 11.1. The van der Waals surface area contributed by atoms with Gasteiger partial charge in [0.2, 0.25) is 0 Å². The summed E-state index contributed by atoms with van der Waals surface area (Å²) in [7, 11) is 3.10. The van der Waals surface area contributed by atoms with Crippen molar-refractivity contribution in [1.82, 2.24) is 0 Å². The van der Waals surface area contributed by atoms with Gasteiger partial charge < -0.3 is 24.1 Å². The Morgan fingerprint density at radius 2 is 1.95 bits per heavy atom. The Hall–Kier alpha value is -1.79. The number of benzene rings is 1. The van der Waals surface area contributed by atoms with Crippen LogP contribution < -0.4 is 9.47 Å². The van der Waals surface area contributed by atoms with Crippen molar-refractivity contribution in [1.29, 1.82) is 0 Å². The summed E-state index contributed by atoms with van der Waals surface area (Å²) in [5, 5.41) is 9.11. The molecule has 6 nitrogen and oxygen atoms in total. The minimum absolute atomic E-state index is 0.0876. The van der Waals surface area contributed by atoms with Crippen LogP contribution in [0.3, 0.4) is 0 Å². The lowest BCUT2D eigenvalue weighted by Gasteiger charge is -2.10. The molecule has 0 atom stereocenters. The molecule has 1 aromatic carbocycles. The topological polar surface area (TPSA) is 74.2 Å². The van der Waals surface area contributed by atoms with Crippen LogP contribution in [-0.4, -0.2) is 51.7 Å². The van der Waals surface area contributed by atoms with Crippen molar-refractivity contribution >= 4 is 5.97 Å². The zero-order valence-corrected chi connectivity index (χ0v) is 11.8. The van der Waals surface area contributed by atoms with Crippen LogP contribution in [0.4, 0.5) is 0 Å². The van der Waals surface area contributed by atoms with E-state index in [-0.39, 0.29) is 5.56 Å². The second-order valence-electron chi connectivity index (χ2n) is 3.97. The first-order valence-electron chi connectivity index (χ1n) is 6.30. The summed E-state index contributed by atoms with van der Waals surface area (Å²) in [6.45, 7) is 2.03. The summed E-state index contributed by atoms with van der Waals surface area (Å²) in [5.41, 5.74) is 0.0876. The van der Waals surface area contributed by atoms with Gasteiger partial charge in [-0.15, -0.1) is 0 Å². The lowest BCUT2D eigenvalue weighted by atomic mass is 10.2. The van der Waals surface area contributed by atoms with E-state index in [1.165, 1.54) is 13.2 Å². The van der Waals surface area contributed by atoms with Crippen molar-refractivity contribution in [2.24, 2.45) is 0 Å². The molecule has 0 saturated carbocycles. The summed E-state index contributed by atoms with van der Waals surface area (Å²) >= 11 is 0. The minimum atomic E-state index is -1.05. The molecule has 0 aliphatic heterocycles. The normalized spacial score (nSPS) is 10.3. The van der Waals surface area contributed by atoms with Crippen molar-refractivity contribution in [2.75, 3.05) is 40.6 Å². The van der Waals surface area contributed by atoms with Crippen LogP contribution in [-0.2, 0) is 9.47 Å². The highest BCUT2D eigenvalue weighted by Gasteiger charge is 2.12. The number of aromatic carboxylic acids is 1. The number of carboxylic acids is 1. The van der Waals surface area contributed by atoms with E-state index in [2.05, 4.69) is 0 Å². The molecule has 0 radical (unpaired) electrons. The van der Waals surface area contributed by atoms with Crippen LogP contribution in [0.2, 0.25) is 0 Å². The number of carboxylic acid groups (broad SMARTS) is 1. The first-order valence-corrected chi connectivity index (χ1v) is 6.30. The first kappa shape index (κ1) is 16.3. The molecule has 1 aromatic rings. The maximum Gasteiger partial charge on any atom is 0.339 e. The smallest absolute Gasteiger partial charge is 0.339 e. The standard InChI is InChI=1S/C14H20O6/c1-17-8-9-19-6-3-7-20-13-5-4-11(18-2)10-12(13)14(15)16/h4-5,10H,3,6-9H2,1-2H3,(H,15,16). The van der Waals surface area contributed by atoms with E-state index < -0.39 is 5.97 Å². The maximum atomic E-state index is 11.1. The van der Waals surface area contributed by atoms with Gasteiger partial charge in [-0.25, -0.2) is 4.79 Å². The van der Waals surface area contributed by atoms with Gasteiger partial charge in [0.15, 0.2) is 0 Å². The van der Waals surface area contributed by atoms with E-state index in [4.69, 9.17) is 24.1 Å². The van der Waals surface area contributed by atoms with E-state index in [0.717, 1.165) is 0 Å². The molecule has 0 unspecified atom stereocenters. The molecular formula is C14H20O6. The monoisotopic (exact) mass is 284 g/mol. The Labute approximate surface area is 118 Å². The second kappa shape index (κ2) is 9.17. The second-order valence-corrected chi connectivity index (χ2v) is 3.97. The molecule has 0 fully saturated rings. The zero-order chi connectivity index (χ0) is 14.8. The third-order valence-corrected chi connectivity index (χ3v) is 2.54. The molecule has 0 bridgehead atoms. The van der Waals surface area contributed by atoms with Crippen LogP contribution in [0, 0.1) is 0 Å². The quantitative estimate of drug-likeness (QED) is 0.661. The lowest BCUT2D eigenvalue weighted by molar-refractivity contribution is 0.0637. The van der Waals surface area contributed by atoms with E-state index in [0.29, 0.717) is 44.3 Å². The van der Waals surface area contributed by atoms with Gasteiger partial charge in [0, 0.05) is 20.1 Å². The number of rotatable bonds is 10. The van der Waals surface area contributed by atoms with Gasteiger partial charge in [-0.05, 0) is 18.2 Å². The largest absolute Gasteiger partial charge is 0.497 e. The molecule has 0 aromatic heterocycles. The van der Waals surface area contributed by atoms with Gasteiger partial charge in [-0.2, -0.15) is 0 Å². The summed E-state index contributed by atoms with van der Waals surface area (Å²) in [4.78, 5) is 11.1. The lowest BCUT2D eigenvalue weighted by Crippen LogP contribution is -2.08. The highest BCUT2D eigenvalue weighted by atomic mass is 16.5. The highest BCUT2D eigenvalue weighted by Crippen LogP contribution is 2.24. The van der Waals surface area contributed by atoms with Gasteiger partial charge in [0.1, 0.15) is 17.1 Å².